The summed E-state index contributed by atoms with van der Waals surface area (Å²) in [5.74, 6) is -0.383. The molecule has 0 radical (unpaired) electrons. The molecule has 0 amide bonds. The molecule has 0 heterocycles. The maximum atomic E-state index is 11.4. The molecular weight excluding hydrogens is 280 g/mol. The highest BCUT2D eigenvalue weighted by Crippen LogP contribution is 2.04. The second-order valence-electron chi connectivity index (χ2n) is 4.98. The molecule has 0 aliphatic heterocycles. The molecule has 0 aromatic carbocycles. The van der Waals surface area contributed by atoms with Crippen molar-refractivity contribution in [3.8, 4) is 0 Å². The van der Waals surface area contributed by atoms with E-state index >= 15 is 0 Å². The molecule has 0 saturated carbocycles. The van der Waals surface area contributed by atoms with E-state index in [9.17, 15) is 9.59 Å². The topological polar surface area (TPSA) is 52.6 Å². The minimum Gasteiger partial charge on any atom is -0.465 e. The third-order valence-electron chi connectivity index (χ3n) is 2.91. The lowest BCUT2D eigenvalue weighted by Crippen LogP contribution is -2.07. The molecule has 0 N–H and O–H groups in total. The smallest absolute Gasteiger partial charge is 0.305 e. The highest BCUT2D eigenvalue weighted by Gasteiger charge is 2.05. The molecule has 0 unspecified atom stereocenters. The van der Waals surface area contributed by atoms with Crippen molar-refractivity contribution in [1.29, 1.82) is 0 Å². The molecule has 4 nitrogen and oxygen atoms in total. The van der Waals surface area contributed by atoms with E-state index in [-0.39, 0.29) is 11.9 Å². The van der Waals surface area contributed by atoms with Gasteiger partial charge in [0.1, 0.15) is 0 Å². The summed E-state index contributed by atoms with van der Waals surface area (Å²) in [6, 6.07) is 0. The van der Waals surface area contributed by atoms with Crippen LogP contribution in [0.1, 0.15) is 65.2 Å². The Labute approximate surface area is 134 Å². The van der Waals surface area contributed by atoms with Gasteiger partial charge in [0.15, 0.2) is 0 Å². The summed E-state index contributed by atoms with van der Waals surface area (Å²) < 4.78 is 10.2. The largest absolute Gasteiger partial charge is 0.465 e. The van der Waals surface area contributed by atoms with Crippen molar-refractivity contribution < 1.29 is 19.1 Å². The lowest BCUT2D eigenvalue weighted by Gasteiger charge is -2.04. The first-order valence-electron chi connectivity index (χ1n) is 8.31. The molecule has 0 aliphatic carbocycles. The van der Waals surface area contributed by atoms with E-state index in [4.69, 9.17) is 9.47 Å². The first kappa shape index (κ1) is 20.4. The molecule has 126 valence electrons. The molecule has 0 bridgehead atoms. The molecule has 4 heteroatoms. The fourth-order valence-corrected chi connectivity index (χ4v) is 1.73. The van der Waals surface area contributed by atoms with Crippen LogP contribution in [0.2, 0.25) is 0 Å². The second kappa shape index (κ2) is 15.8. The van der Waals surface area contributed by atoms with E-state index in [1.54, 1.807) is 0 Å². The zero-order chi connectivity index (χ0) is 16.5. The fraction of sp³-hybridized carbons (Fsp3) is 0.667. The van der Waals surface area contributed by atoms with Gasteiger partial charge in [0.2, 0.25) is 0 Å². The summed E-state index contributed by atoms with van der Waals surface area (Å²) in [6.45, 7) is 5.00. The number of ether oxygens (including phenoxy) is 2. The van der Waals surface area contributed by atoms with Crippen molar-refractivity contribution in [3.63, 3.8) is 0 Å². The SMILES string of the molecule is CC/C=C/CCOC(=O)CCCCC(=O)OCC/C=C/CC. The van der Waals surface area contributed by atoms with Gasteiger partial charge >= 0.3 is 11.9 Å². The number of hydrogen-bond acceptors (Lipinski definition) is 4. The summed E-state index contributed by atoms with van der Waals surface area (Å²) in [7, 11) is 0. The summed E-state index contributed by atoms with van der Waals surface area (Å²) in [6.07, 6.45) is 13.7. The molecule has 0 fully saturated rings. The van der Waals surface area contributed by atoms with Gasteiger partial charge < -0.3 is 9.47 Å². The van der Waals surface area contributed by atoms with Crippen LogP contribution in [0.5, 0.6) is 0 Å². The lowest BCUT2D eigenvalue weighted by atomic mass is 10.2. The van der Waals surface area contributed by atoms with E-state index in [2.05, 4.69) is 26.0 Å². The summed E-state index contributed by atoms with van der Waals surface area (Å²) in [5, 5.41) is 0. The maximum absolute atomic E-state index is 11.4. The number of carbonyl (C=O) groups is 2. The normalized spacial score (nSPS) is 11.2. The van der Waals surface area contributed by atoms with Crippen LogP contribution in [0, 0.1) is 0 Å². The molecule has 22 heavy (non-hydrogen) atoms. The molecule has 0 aliphatic rings. The Morgan fingerprint density at radius 2 is 1.14 bits per heavy atom. The summed E-state index contributed by atoms with van der Waals surface area (Å²) in [5.41, 5.74) is 0. The number of esters is 2. The van der Waals surface area contributed by atoms with Crippen molar-refractivity contribution in [2.45, 2.75) is 65.2 Å². The lowest BCUT2D eigenvalue weighted by molar-refractivity contribution is -0.145. The minimum absolute atomic E-state index is 0.192. The molecule has 0 rings (SSSR count). The predicted molar refractivity (Wildman–Crippen MR) is 88.5 cm³/mol. The Balaban J connectivity index is 3.43. The second-order valence-corrected chi connectivity index (χ2v) is 4.98. The van der Waals surface area contributed by atoms with Crippen molar-refractivity contribution in [3.05, 3.63) is 24.3 Å². The van der Waals surface area contributed by atoms with E-state index in [0.29, 0.717) is 38.9 Å². The van der Waals surface area contributed by atoms with Crippen molar-refractivity contribution in [1.82, 2.24) is 0 Å². The molecule has 0 spiro atoms. The average Bonchev–Trinajstić information content (AvgIpc) is 2.51. The number of allylic oxidation sites excluding steroid dienone is 2. The van der Waals surface area contributed by atoms with Gasteiger partial charge in [0.05, 0.1) is 13.2 Å². The van der Waals surface area contributed by atoms with Crippen LogP contribution < -0.4 is 0 Å². The van der Waals surface area contributed by atoms with Gasteiger partial charge in [-0.2, -0.15) is 0 Å². The van der Waals surface area contributed by atoms with Crippen LogP contribution in [0.25, 0.3) is 0 Å². The van der Waals surface area contributed by atoms with Crippen LogP contribution >= 0.6 is 0 Å². The van der Waals surface area contributed by atoms with E-state index in [0.717, 1.165) is 25.7 Å². The Bertz CT molecular complexity index is 311. The van der Waals surface area contributed by atoms with Crippen LogP contribution in [0.3, 0.4) is 0 Å². The Hall–Kier alpha value is -1.58. The fourth-order valence-electron chi connectivity index (χ4n) is 1.73. The van der Waals surface area contributed by atoms with Gasteiger partial charge in [0, 0.05) is 12.8 Å². The third-order valence-corrected chi connectivity index (χ3v) is 2.91. The van der Waals surface area contributed by atoms with Gasteiger partial charge in [-0.25, -0.2) is 0 Å². The van der Waals surface area contributed by atoms with E-state index in [1.807, 2.05) is 12.2 Å². The Kier molecular flexibility index (Phi) is 14.7. The Morgan fingerprint density at radius 1 is 0.727 bits per heavy atom. The first-order chi connectivity index (χ1) is 10.7. The van der Waals surface area contributed by atoms with Gasteiger partial charge in [-0.15, -0.1) is 0 Å². The third kappa shape index (κ3) is 14.8. The summed E-state index contributed by atoms with van der Waals surface area (Å²) in [4.78, 5) is 22.8. The first-order valence-corrected chi connectivity index (χ1v) is 8.31. The van der Waals surface area contributed by atoms with Crippen molar-refractivity contribution in [2.75, 3.05) is 13.2 Å². The number of carbonyl (C=O) groups excluding carboxylic acids is 2. The van der Waals surface area contributed by atoms with Gasteiger partial charge in [-0.05, 0) is 38.5 Å². The highest BCUT2D eigenvalue weighted by molar-refractivity contribution is 5.70. The van der Waals surface area contributed by atoms with Gasteiger partial charge in [-0.3, -0.25) is 9.59 Å². The average molecular weight is 310 g/mol. The number of unbranched alkanes of at least 4 members (excludes halogenated alkanes) is 1. The molecule has 0 aromatic rings. The van der Waals surface area contributed by atoms with Crippen LogP contribution in [0.4, 0.5) is 0 Å². The van der Waals surface area contributed by atoms with Gasteiger partial charge in [0.25, 0.3) is 0 Å². The molecule has 0 saturated heterocycles. The maximum Gasteiger partial charge on any atom is 0.305 e. The Morgan fingerprint density at radius 3 is 1.50 bits per heavy atom. The van der Waals surface area contributed by atoms with E-state index < -0.39 is 0 Å². The van der Waals surface area contributed by atoms with E-state index in [1.165, 1.54) is 0 Å². The van der Waals surface area contributed by atoms with Crippen molar-refractivity contribution in [2.24, 2.45) is 0 Å². The predicted octanol–water partition coefficient (Wildman–Crippen LogP) is 4.35. The zero-order valence-electron chi connectivity index (χ0n) is 14.0. The quantitative estimate of drug-likeness (QED) is 0.288. The molecule has 0 atom stereocenters. The highest BCUT2D eigenvalue weighted by atomic mass is 16.5. The number of rotatable bonds is 13. The number of hydrogen-bond donors (Lipinski definition) is 0. The molecular formula is C18H30O4. The van der Waals surface area contributed by atoms with Crippen LogP contribution in [0.15, 0.2) is 24.3 Å². The zero-order valence-corrected chi connectivity index (χ0v) is 14.0. The van der Waals surface area contributed by atoms with Crippen LogP contribution in [-0.4, -0.2) is 25.2 Å². The molecule has 0 aromatic heterocycles. The minimum atomic E-state index is -0.192. The monoisotopic (exact) mass is 310 g/mol. The standard InChI is InChI=1S/C18H30O4/c1-3-5-7-11-15-21-17(19)13-9-10-14-18(20)22-16-12-8-6-4-2/h5-8H,3-4,9-16H2,1-2H3/b7-5+,8-6+. The summed E-state index contributed by atoms with van der Waals surface area (Å²) >= 11 is 0. The van der Waals surface area contributed by atoms with Gasteiger partial charge in [-0.1, -0.05) is 38.2 Å². The van der Waals surface area contributed by atoms with Crippen molar-refractivity contribution >= 4 is 11.9 Å². The van der Waals surface area contributed by atoms with Crippen LogP contribution in [-0.2, 0) is 19.1 Å².